The third-order valence-corrected chi connectivity index (χ3v) is 3.81. The Balaban J connectivity index is 0.00000480. The van der Waals surface area contributed by atoms with Gasteiger partial charge in [-0.3, -0.25) is 0 Å². The van der Waals surface area contributed by atoms with Crippen LogP contribution in [0, 0.1) is 0 Å². The molecule has 2 aromatic rings. The fourth-order valence-corrected chi connectivity index (χ4v) is 2.40. The van der Waals surface area contributed by atoms with Gasteiger partial charge in [0.15, 0.2) is 5.96 Å². The minimum absolute atomic E-state index is 0. The molecule has 0 aliphatic carbocycles. The quantitative estimate of drug-likeness (QED) is 0.238. The smallest absolute Gasteiger partial charge is 0.390 e. The number of pyridine rings is 1. The lowest BCUT2D eigenvalue weighted by atomic mass is 10.2. The number of ether oxygens (including phenoxy) is 2. The van der Waals surface area contributed by atoms with Gasteiger partial charge in [-0.2, -0.15) is 13.2 Å². The second-order valence-corrected chi connectivity index (χ2v) is 6.38. The molecule has 0 fully saturated rings. The summed E-state index contributed by atoms with van der Waals surface area (Å²) in [6, 6.07) is 10.8. The van der Waals surface area contributed by atoms with E-state index in [9.17, 15) is 13.2 Å². The Morgan fingerprint density at radius 1 is 1.06 bits per heavy atom. The van der Waals surface area contributed by atoms with Gasteiger partial charge in [0.2, 0.25) is 5.88 Å². The summed E-state index contributed by atoms with van der Waals surface area (Å²) in [7, 11) is 0. The summed E-state index contributed by atoms with van der Waals surface area (Å²) in [6.07, 6.45) is -2.62. The van der Waals surface area contributed by atoms with Gasteiger partial charge in [0, 0.05) is 24.8 Å². The number of nitrogens with zero attached hydrogens (tertiary/aromatic N) is 2. The topological polar surface area (TPSA) is 67.8 Å². The summed E-state index contributed by atoms with van der Waals surface area (Å²) in [4.78, 5) is 8.59. The fourth-order valence-electron chi connectivity index (χ4n) is 2.40. The summed E-state index contributed by atoms with van der Waals surface area (Å²) < 4.78 is 48.5. The van der Waals surface area contributed by atoms with Crippen LogP contribution in [0.15, 0.2) is 47.6 Å². The van der Waals surface area contributed by atoms with Crippen molar-refractivity contribution in [2.24, 2.45) is 4.99 Å². The lowest BCUT2D eigenvalue weighted by Crippen LogP contribution is -2.38. The Kier molecular flexibility index (Phi) is 12.1. The second-order valence-electron chi connectivity index (χ2n) is 6.38. The van der Waals surface area contributed by atoms with Crippen molar-refractivity contribution in [1.29, 1.82) is 0 Å². The van der Waals surface area contributed by atoms with Gasteiger partial charge in [0.1, 0.15) is 11.5 Å². The Morgan fingerprint density at radius 2 is 1.77 bits per heavy atom. The van der Waals surface area contributed by atoms with E-state index in [1.165, 1.54) is 0 Å². The van der Waals surface area contributed by atoms with E-state index in [-0.39, 0.29) is 37.1 Å². The lowest BCUT2D eigenvalue weighted by Gasteiger charge is -2.13. The maximum Gasteiger partial charge on any atom is 0.390 e. The fraction of sp³-hybridized carbons (Fsp3) is 0.429. The van der Waals surface area contributed by atoms with Crippen molar-refractivity contribution in [2.75, 3.05) is 19.7 Å². The number of guanidine groups is 1. The molecule has 2 rings (SSSR count). The van der Waals surface area contributed by atoms with Crippen molar-refractivity contribution in [2.45, 2.75) is 39.4 Å². The molecule has 1 heterocycles. The van der Waals surface area contributed by atoms with Gasteiger partial charge in [0.05, 0.1) is 19.6 Å². The number of nitrogens with one attached hydrogen (secondary N) is 2. The van der Waals surface area contributed by atoms with E-state index in [4.69, 9.17) is 9.47 Å². The van der Waals surface area contributed by atoms with Crippen molar-refractivity contribution in [1.82, 2.24) is 15.6 Å². The molecule has 0 atom stereocenters. The molecule has 0 saturated carbocycles. The molecular weight excluding hydrogens is 524 g/mol. The first-order chi connectivity index (χ1) is 14.4. The van der Waals surface area contributed by atoms with Gasteiger partial charge in [-0.15, -0.1) is 24.0 Å². The Bertz CT molecular complexity index is 802. The molecule has 0 amide bonds. The van der Waals surface area contributed by atoms with Crippen molar-refractivity contribution in [3.05, 3.63) is 48.2 Å². The summed E-state index contributed by atoms with van der Waals surface area (Å²) >= 11 is 0. The highest BCUT2D eigenvalue weighted by Crippen LogP contribution is 2.25. The van der Waals surface area contributed by atoms with Gasteiger partial charge >= 0.3 is 6.18 Å². The molecule has 0 bridgehead atoms. The zero-order valence-electron chi connectivity index (χ0n) is 17.5. The normalized spacial score (nSPS) is 11.5. The van der Waals surface area contributed by atoms with E-state index in [2.05, 4.69) is 20.6 Å². The molecular formula is C21H28F3IN4O2. The molecule has 1 aromatic heterocycles. The average Bonchev–Trinajstić information content (AvgIpc) is 2.71. The van der Waals surface area contributed by atoms with Crippen LogP contribution in [-0.4, -0.2) is 36.8 Å². The number of hydrogen-bond donors (Lipinski definition) is 2. The molecule has 0 aliphatic rings. The van der Waals surface area contributed by atoms with E-state index < -0.39 is 12.6 Å². The molecule has 0 spiro atoms. The maximum atomic E-state index is 12.4. The first-order valence-corrected chi connectivity index (χ1v) is 9.84. The van der Waals surface area contributed by atoms with E-state index in [1.54, 1.807) is 24.4 Å². The van der Waals surface area contributed by atoms with E-state index in [0.29, 0.717) is 36.3 Å². The highest BCUT2D eigenvalue weighted by molar-refractivity contribution is 14.0. The summed E-state index contributed by atoms with van der Waals surface area (Å²) in [5.41, 5.74) is 0.705. The SMILES string of the molecule is CCCOc1ccc(Oc2ncccc2CN=C(NCC)NCCC(F)(F)F)cc1.I. The third kappa shape index (κ3) is 10.6. The Hall–Kier alpha value is -2.24. The third-order valence-electron chi connectivity index (χ3n) is 3.81. The number of benzene rings is 1. The average molecular weight is 552 g/mol. The molecule has 1 aromatic carbocycles. The molecule has 0 radical (unpaired) electrons. The summed E-state index contributed by atoms with van der Waals surface area (Å²) in [5, 5.41) is 5.61. The van der Waals surface area contributed by atoms with Crippen LogP contribution in [0.25, 0.3) is 0 Å². The van der Waals surface area contributed by atoms with Crippen molar-refractivity contribution < 1.29 is 22.6 Å². The Labute approximate surface area is 197 Å². The van der Waals surface area contributed by atoms with Crippen LogP contribution in [0.3, 0.4) is 0 Å². The van der Waals surface area contributed by atoms with Crippen molar-refractivity contribution >= 4 is 29.9 Å². The van der Waals surface area contributed by atoms with Crippen molar-refractivity contribution in [3.8, 4) is 17.4 Å². The van der Waals surface area contributed by atoms with Crippen LogP contribution >= 0.6 is 24.0 Å². The van der Waals surface area contributed by atoms with Gasteiger partial charge in [-0.1, -0.05) is 13.0 Å². The number of aromatic nitrogens is 1. The van der Waals surface area contributed by atoms with Crippen LogP contribution < -0.4 is 20.1 Å². The minimum atomic E-state index is -4.22. The van der Waals surface area contributed by atoms with Crippen LogP contribution in [0.1, 0.15) is 32.3 Å². The molecule has 31 heavy (non-hydrogen) atoms. The Morgan fingerprint density at radius 3 is 2.42 bits per heavy atom. The predicted octanol–water partition coefficient (Wildman–Crippen LogP) is 5.29. The second kappa shape index (κ2) is 13.9. The van der Waals surface area contributed by atoms with E-state index >= 15 is 0 Å². The molecule has 0 saturated heterocycles. The maximum absolute atomic E-state index is 12.4. The zero-order chi connectivity index (χ0) is 21.8. The van der Waals surface area contributed by atoms with E-state index in [0.717, 1.165) is 12.2 Å². The molecule has 6 nitrogen and oxygen atoms in total. The van der Waals surface area contributed by atoms with Gasteiger partial charge in [-0.25, -0.2) is 9.98 Å². The van der Waals surface area contributed by atoms with Crippen LogP contribution in [-0.2, 0) is 6.54 Å². The molecule has 0 unspecified atom stereocenters. The first kappa shape index (κ1) is 26.8. The monoisotopic (exact) mass is 552 g/mol. The number of alkyl halides is 3. The molecule has 10 heteroatoms. The van der Waals surface area contributed by atoms with Gasteiger partial charge in [0.25, 0.3) is 0 Å². The number of halogens is 4. The zero-order valence-corrected chi connectivity index (χ0v) is 19.9. The highest BCUT2D eigenvalue weighted by atomic mass is 127. The van der Waals surface area contributed by atoms with Crippen LogP contribution in [0.2, 0.25) is 0 Å². The predicted molar refractivity (Wildman–Crippen MR) is 125 cm³/mol. The van der Waals surface area contributed by atoms with Crippen molar-refractivity contribution in [3.63, 3.8) is 0 Å². The standard InChI is InChI=1S/C21H27F3N4O2.HI/c1-3-14-29-17-7-9-18(10-8-17)30-19-16(6-5-12-26-19)15-28-20(25-4-2)27-13-11-21(22,23)24;/h5-10,12H,3-4,11,13-15H2,1-2H3,(H2,25,27,28);1H. The van der Waals surface area contributed by atoms with Crippen LogP contribution in [0.5, 0.6) is 17.4 Å². The van der Waals surface area contributed by atoms with Gasteiger partial charge < -0.3 is 20.1 Å². The lowest BCUT2D eigenvalue weighted by molar-refractivity contribution is -0.132. The number of rotatable bonds is 10. The summed E-state index contributed by atoms with van der Waals surface area (Å²) in [5.74, 6) is 2.04. The number of hydrogen-bond acceptors (Lipinski definition) is 4. The molecule has 2 N–H and O–H groups in total. The first-order valence-electron chi connectivity index (χ1n) is 9.84. The highest BCUT2D eigenvalue weighted by Gasteiger charge is 2.26. The van der Waals surface area contributed by atoms with Crippen LogP contribution in [0.4, 0.5) is 13.2 Å². The van der Waals surface area contributed by atoms with Gasteiger partial charge in [-0.05, 0) is 43.7 Å². The number of aliphatic imine (C=N–C) groups is 1. The molecule has 172 valence electrons. The van der Waals surface area contributed by atoms with E-state index in [1.807, 2.05) is 32.0 Å². The minimum Gasteiger partial charge on any atom is -0.494 e. The largest absolute Gasteiger partial charge is 0.494 e. The molecule has 0 aliphatic heterocycles. The summed E-state index contributed by atoms with van der Waals surface area (Å²) in [6.45, 7) is 5.00.